The molecular formula is C20H24N4O3. The third-order valence-electron chi connectivity index (χ3n) is 5.48. The summed E-state index contributed by atoms with van der Waals surface area (Å²) >= 11 is 0. The lowest BCUT2D eigenvalue weighted by molar-refractivity contribution is -0.144. The number of nitrogens with one attached hydrogen (secondary N) is 1. The van der Waals surface area contributed by atoms with Gasteiger partial charge in [-0.2, -0.15) is 0 Å². The fourth-order valence-electron chi connectivity index (χ4n) is 3.94. The second-order valence-corrected chi connectivity index (χ2v) is 7.15. The number of hydrogen-bond acceptors (Lipinski definition) is 5. The number of piperazine rings is 1. The third kappa shape index (κ3) is 3.36. The number of fused-ring (bicyclic) bond motifs is 1. The summed E-state index contributed by atoms with van der Waals surface area (Å²) in [6.45, 7) is 7.73. The Bertz CT molecular complexity index is 934. The minimum atomic E-state index is -0.807. The van der Waals surface area contributed by atoms with Gasteiger partial charge in [0, 0.05) is 61.0 Å². The van der Waals surface area contributed by atoms with Gasteiger partial charge in [-0.15, -0.1) is 0 Å². The molecule has 4 rings (SSSR count). The van der Waals surface area contributed by atoms with Gasteiger partial charge in [0.05, 0.1) is 5.69 Å². The number of aliphatic carboxylic acids is 1. The van der Waals surface area contributed by atoms with Gasteiger partial charge in [0.2, 0.25) is 0 Å². The van der Waals surface area contributed by atoms with Crippen molar-refractivity contribution < 1.29 is 14.4 Å². The molecule has 0 saturated carbocycles. The van der Waals surface area contributed by atoms with Crippen molar-refractivity contribution in [3.8, 4) is 0 Å². The van der Waals surface area contributed by atoms with E-state index >= 15 is 0 Å². The lowest BCUT2D eigenvalue weighted by atomic mass is 10.0. The van der Waals surface area contributed by atoms with Gasteiger partial charge >= 0.3 is 5.97 Å². The summed E-state index contributed by atoms with van der Waals surface area (Å²) in [6, 6.07) is 7.21. The predicted molar refractivity (Wildman–Crippen MR) is 102 cm³/mol. The van der Waals surface area contributed by atoms with Crippen molar-refractivity contribution in [3.05, 3.63) is 53.0 Å². The highest BCUT2D eigenvalue weighted by Crippen LogP contribution is 2.29. The van der Waals surface area contributed by atoms with Crippen molar-refractivity contribution in [2.75, 3.05) is 26.2 Å². The first kappa shape index (κ1) is 17.8. The highest BCUT2D eigenvalue weighted by molar-refractivity contribution is 5.89. The molecule has 0 bridgehead atoms. The summed E-state index contributed by atoms with van der Waals surface area (Å²) in [6.07, 6.45) is 1.83. The van der Waals surface area contributed by atoms with Crippen LogP contribution in [0.5, 0.6) is 0 Å². The van der Waals surface area contributed by atoms with Gasteiger partial charge in [-0.05, 0) is 19.9 Å². The van der Waals surface area contributed by atoms with E-state index in [4.69, 9.17) is 4.52 Å². The van der Waals surface area contributed by atoms with E-state index in [2.05, 4.69) is 19.9 Å². The minimum Gasteiger partial charge on any atom is -0.480 e. The molecule has 1 saturated heterocycles. The molecule has 1 aromatic carbocycles. The Morgan fingerprint density at radius 2 is 2.00 bits per heavy atom. The average Bonchev–Trinajstić information content (AvgIpc) is 3.22. The molecule has 1 atom stereocenters. The van der Waals surface area contributed by atoms with Crippen LogP contribution in [0, 0.1) is 13.8 Å². The fraction of sp³-hybridized carbons (Fsp3) is 0.400. The largest absolute Gasteiger partial charge is 0.480 e. The number of benzene rings is 1. The number of H-pyrrole nitrogens is 1. The molecule has 0 amide bonds. The normalized spacial score (nSPS) is 17.4. The van der Waals surface area contributed by atoms with Crippen LogP contribution in [-0.4, -0.2) is 57.2 Å². The van der Waals surface area contributed by atoms with Gasteiger partial charge < -0.3 is 14.6 Å². The van der Waals surface area contributed by atoms with E-state index in [1.807, 2.05) is 44.3 Å². The first-order chi connectivity index (χ1) is 13.0. The van der Waals surface area contributed by atoms with Gasteiger partial charge in [-0.25, -0.2) is 0 Å². The fourth-order valence-corrected chi connectivity index (χ4v) is 3.94. The number of aromatic amines is 1. The van der Waals surface area contributed by atoms with E-state index in [9.17, 15) is 9.90 Å². The van der Waals surface area contributed by atoms with Gasteiger partial charge in [0.1, 0.15) is 11.8 Å². The maximum absolute atomic E-state index is 12.1. The predicted octanol–water partition coefficient (Wildman–Crippen LogP) is 2.72. The van der Waals surface area contributed by atoms with Crippen molar-refractivity contribution in [1.29, 1.82) is 0 Å². The molecular weight excluding hydrogens is 344 g/mol. The summed E-state index contributed by atoms with van der Waals surface area (Å²) in [5.41, 5.74) is 3.86. The molecule has 1 fully saturated rings. The third-order valence-corrected chi connectivity index (χ3v) is 5.48. The van der Waals surface area contributed by atoms with Crippen LogP contribution in [0.2, 0.25) is 0 Å². The van der Waals surface area contributed by atoms with E-state index < -0.39 is 12.0 Å². The van der Waals surface area contributed by atoms with Crippen molar-refractivity contribution in [2.45, 2.75) is 26.4 Å². The number of nitrogens with zero attached hydrogens (tertiary/aromatic N) is 3. The van der Waals surface area contributed by atoms with E-state index in [1.54, 1.807) is 0 Å². The van der Waals surface area contributed by atoms with Crippen LogP contribution in [0.25, 0.3) is 10.9 Å². The Morgan fingerprint density at radius 1 is 1.26 bits per heavy atom. The Balaban J connectivity index is 1.49. The van der Waals surface area contributed by atoms with Crippen LogP contribution in [0.4, 0.5) is 0 Å². The number of aryl methyl sites for hydroxylation is 2. The number of rotatable bonds is 5. The molecule has 0 spiro atoms. The number of aromatic nitrogens is 2. The maximum Gasteiger partial charge on any atom is 0.325 e. The first-order valence-corrected chi connectivity index (χ1v) is 9.21. The maximum atomic E-state index is 12.1. The van der Waals surface area contributed by atoms with Crippen molar-refractivity contribution in [2.24, 2.45) is 0 Å². The summed E-state index contributed by atoms with van der Waals surface area (Å²) in [5, 5.41) is 14.9. The van der Waals surface area contributed by atoms with Crippen LogP contribution < -0.4 is 0 Å². The molecule has 1 aliphatic heterocycles. The Labute approximate surface area is 157 Å². The minimum absolute atomic E-state index is 0.637. The van der Waals surface area contributed by atoms with Gasteiger partial charge in [-0.1, -0.05) is 23.4 Å². The van der Waals surface area contributed by atoms with E-state index in [1.165, 1.54) is 0 Å². The summed E-state index contributed by atoms with van der Waals surface area (Å²) in [5.74, 6) is 0.0519. The number of carboxylic acids is 1. The standard InChI is InChI=1S/C20H24N4O3/c1-13-17(14(2)27-22-13)12-23-7-9-24(10-8-23)19(20(25)26)16-11-21-18-6-4-3-5-15(16)18/h3-6,11,19,21H,7-10,12H2,1-2H3,(H,25,26)/t19-/m0/s1. The topological polar surface area (TPSA) is 85.6 Å². The molecule has 3 heterocycles. The summed E-state index contributed by atoms with van der Waals surface area (Å²) in [4.78, 5) is 19.7. The molecule has 2 N–H and O–H groups in total. The Kier molecular flexibility index (Phi) is 4.72. The zero-order valence-electron chi connectivity index (χ0n) is 15.6. The number of carboxylic acid groups (broad SMARTS) is 1. The lowest BCUT2D eigenvalue weighted by Crippen LogP contribution is -2.48. The summed E-state index contributed by atoms with van der Waals surface area (Å²) < 4.78 is 5.25. The first-order valence-electron chi connectivity index (χ1n) is 9.21. The van der Waals surface area contributed by atoms with Gasteiger partial charge in [0.25, 0.3) is 0 Å². The van der Waals surface area contributed by atoms with E-state index in [0.29, 0.717) is 13.1 Å². The molecule has 0 radical (unpaired) electrons. The molecule has 1 aliphatic rings. The average molecular weight is 368 g/mol. The monoisotopic (exact) mass is 368 g/mol. The van der Waals surface area contributed by atoms with Crippen LogP contribution in [0.3, 0.4) is 0 Å². The Hall–Kier alpha value is -2.64. The van der Waals surface area contributed by atoms with Crippen LogP contribution in [0.15, 0.2) is 35.0 Å². The van der Waals surface area contributed by atoms with Crippen LogP contribution in [0.1, 0.15) is 28.6 Å². The molecule has 7 nitrogen and oxygen atoms in total. The number of carbonyl (C=O) groups is 1. The molecule has 142 valence electrons. The van der Waals surface area contributed by atoms with Crippen LogP contribution in [-0.2, 0) is 11.3 Å². The van der Waals surface area contributed by atoms with Gasteiger partial charge in [0.15, 0.2) is 0 Å². The van der Waals surface area contributed by atoms with Crippen molar-refractivity contribution in [1.82, 2.24) is 19.9 Å². The highest BCUT2D eigenvalue weighted by atomic mass is 16.5. The van der Waals surface area contributed by atoms with E-state index in [0.717, 1.165) is 53.1 Å². The van der Waals surface area contributed by atoms with Crippen LogP contribution >= 0.6 is 0 Å². The van der Waals surface area contributed by atoms with Crippen molar-refractivity contribution in [3.63, 3.8) is 0 Å². The second kappa shape index (κ2) is 7.17. The molecule has 7 heteroatoms. The molecule has 3 aromatic rings. The lowest BCUT2D eigenvalue weighted by Gasteiger charge is -2.37. The number of hydrogen-bond donors (Lipinski definition) is 2. The SMILES string of the molecule is Cc1noc(C)c1CN1CCN([C@H](C(=O)O)c2c[nH]c3ccccc23)CC1. The molecule has 0 aliphatic carbocycles. The highest BCUT2D eigenvalue weighted by Gasteiger charge is 2.32. The zero-order chi connectivity index (χ0) is 19.0. The van der Waals surface area contributed by atoms with Crippen molar-refractivity contribution >= 4 is 16.9 Å². The quantitative estimate of drug-likeness (QED) is 0.720. The molecule has 2 aromatic heterocycles. The molecule has 27 heavy (non-hydrogen) atoms. The Morgan fingerprint density at radius 3 is 2.67 bits per heavy atom. The van der Waals surface area contributed by atoms with E-state index in [-0.39, 0.29) is 0 Å². The second-order valence-electron chi connectivity index (χ2n) is 7.15. The molecule has 0 unspecified atom stereocenters. The number of para-hydroxylation sites is 1. The van der Waals surface area contributed by atoms with Gasteiger partial charge in [-0.3, -0.25) is 14.6 Å². The summed E-state index contributed by atoms with van der Waals surface area (Å²) in [7, 11) is 0. The smallest absolute Gasteiger partial charge is 0.325 e. The zero-order valence-corrected chi connectivity index (χ0v) is 15.6.